The molecule has 1 N–H and O–H groups in total. The molecule has 0 unspecified atom stereocenters. The minimum absolute atomic E-state index is 0.259. The van der Waals surface area contributed by atoms with E-state index in [1.165, 1.54) is 23.1 Å². The number of anilines is 1. The molecular formula is C21H18F3N3O2. The summed E-state index contributed by atoms with van der Waals surface area (Å²) in [6.07, 6.45) is -4.24. The number of rotatable bonds is 3. The first-order chi connectivity index (χ1) is 13.9. The van der Waals surface area contributed by atoms with Crippen LogP contribution in [0.1, 0.15) is 12.0 Å². The van der Waals surface area contributed by atoms with E-state index in [-0.39, 0.29) is 18.3 Å². The van der Waals surface area contributed by atoms with Crippen LogP contribution in [0, 0.1) is 0 Å². The fraction of sp³-hybridized carbons (Fsp3) is 0.238. The van der Waals surface area contributed by atoms with Crippen LogP contribution in [0.2, 0.25) is 0 Å². The number of hydrogen-bond donors (Lipinski definition) is 1. The van der Waals surface area contributed by atoms with E-state index in [0.29, 0.717) is 18.8 Å². The van der Waals surface area contributed by atoms with Crippen LogP contribution in [0.3, 0.4) is 0 Å². The summed E-state index contributed by atoms with van der Waals surface area (Å²) >= 11 is 0. The van der Waals surface area contributed by atoms with E-state index < -0.39 is 17.8 Å². The van der Waals surface area contributed by atoms with Gasteiger partial charge in [0, 0.05) is 24.4 Å². The van der Waals surface area contributed by atoms with Crippen molar-refractivity contribution < 1.29 is 22.7 Å². The molecule has 1 aliphatic heterocycles. The Morgan fingerprint density at radius 3 is 2.66 bits per heavy atom. The predicted molar refractivity (Wildman–Crippen MR) is 103 cm³/mol. The lowest BCUT2D eigenvalue weighted by Gasteiger charge is -2.19. The molecule has 150 valence electrons. The molecule has 1 atom stereocenters. The number of aromatic nitrogens is 1. The molecule has 8 heteroatoms. The van der Waals surface area contributed by atoms with Crippen LogP contribution in [-0.4, -0.2) is 35.1 Å². The van der Waals surface area contributed by atoms with Gasteiger partial charge >= 0.3 is 12.2 Å². The van der Waals surface area contributed by atoms with Crippen molar-refractivity contribution in [3.8, 4) is 5.88 Å². The van der Waals surface area contributed by atoms with Gasteiger partial charge in [0.15, 0.2) is 0 Å². The molecule has 3 aromatic rings. The third-order valence-electron chi connectivity index (χ3n) is 4.77. The molecule has 0 spiro atoms. The summed E-state index contributed by atoms with van der Waals surface area (Å²) < 4.78 is 45.2. The second kappa shape index (κ2) is 7.62. The molecule has 0 aliphatic carbocycles. The topological polar surface area (TPSA) is 54.5 Å². The van der Waals surface area contributed by atoms with Crippen molar-refractivity contribution in [3.63, 3.8) is 0 Å². The van der Waals surface area contributed by atoms with Crippen LogP contribution < -0.4 is 10.1 Å². The van der Waals surface area contributed by atoms with E-state index in [2.05, 4.69) is 10.3 Å². The maximum atomic E-state index is 13.1. The fourth-order valence-corrected chi connectivity index (χ4v) is 3.33. The summed E-state index contributed by atoms with van der Waals surface area (Å²) in [7, 11) is 0. The lowest BCUT2D eigenvalue weighted by molar-refractivity contribution is -0.136. The molecule has 0 saturated carbocycles. The van der Waals surface area contributed by atoms with Crippen LogP contribution in [0.15, 0.2) is 60.7 Å². The van der Waals surface area contributed by atoms with Crippen molar-refractivity contribution in [1.29, 1.82) is 0 Å². The molecular weight excluding hydrogens is 383 g/mol. The van der Waals surface area contributed by atoms with Gasteiger partial charge in [-0.1, -0.05) is 30.3 Å². The third-order valence-corrected chi connectivity index (χ3v) is 4.77. The highest BCUT2D eigenvalue weighted by atomic mass is 19.4. The van der Waals surface area contributed by atoms with Gasteiger partial charge in [0.25, 0.3) is 0 Å². The highest BCUT2D eigenvalue weighted by molar-refractivity contribution is 5.90. The van der Waals surface area contributed by atoms with Gasteiger partial charge in [0.05, 0.1) is 23.3 Å². The highest BCUT2D eigenvalue weighted by Crippen LogP contribution is 2.34. The molecule has 1 fully saturated rings. The first kappa shape index (κ1) is 19.0. The molecule has 2 amide bonds. The number of carbonyl (C=O) groups is 1. The number of fused-ring (bicyclic) bond motifs is 1. The smallest absolute Gasteiger partial charge is 0.418 e. The number of benzene rings is 2. The van der Waals surface area contributed by atoms with Crippen LogP contribution in [0.4, 0.5) is 23.7 Å². The number of urea groups is 1. The maximum absolute atomic E-state index is 13.1. The van der Waals surface area contributed by atoms with Crippen LogP contribution >= 0.6 is 0 Å². The first-order valence-electron chi connectivity index (χ1n) is 9.15. The van der Waals surface area contributed by atoms with E-state index in [9.17, 15) is 18.0 Å². The average Bonchev–Trinajstić information content (AvgIpc) is 3.16. The van der Waals surface area contributed by atoms with Gasteiger partial charge in [-0.25, -0.2) is 9.78 Å². The van der Waals surface area contributed by atoms with E-state index in [0.717, 1.165) is 17.0 Å². The summed E-state index contributed by atoms with van der Waals surface area (Å²) in [5.74, 6) is 0.457. The Hall–Kier alpha value is -3.29. The maximum Gasteiger partial charge on any atom is 0.418 e. The van der Waals surface area contributed by atoms with E-state index in [1.807, 2.05) is 30.3 Å². The normalized spacial score (nSPS) is 16.8. The van der Waals surface area contributed by atoms with Crippen molar-refractivity contribution in [3.05, 3.63) is 66.2 Å². The summed E-state index contributed by atoms with van der Waals surface area (Å²) in [6.45, 7) is 0.660. The van der Waals surface area contributed by atoms with Gasteiger partial charge in [-0.3, -0.25) is 0 Å². The molecule has 4 rings (SSSR count). The quantitative estimate of drug-likeness (QED) is 0.677. The Kier molecular flexibility index (Phi) is 5.00. The summed E-state index contributed by atoms with van der Waals surface area (Å²) in [6, 6.07) is 15.7. The number of hydrogen-bond acceptors (Lipinski definition) is 3. The lowest BCUT2D eigenvalue weighted by Crippen LogP contribution is -2.35. The van der Waals surface area contributed by atoms with Crippen molar-refractivity contribution >= 4 is 22.6 Å². The first-order valence-corrected chi connectivity index (χ1v) is 9.15. The number of amides is 2. The largest absolute Gasteiger partial charge is 0.472 e. The van der Waals surface area contributed by atoms with Crippen LogP contribution in [0.25, 0.3) is 10.9 Å². The molecule has 0 bridgehead atoms. The Morgan fingerprint density at radius 2 is 1.83 bits per heavy atom. The summed E-state index contributed by atoms with van der Waals surface area (Å²) in [5.41, 5.74) is -0.326. The second-order valence-electron chi connectivity index (χ2n) is 6.79. The molecule has 2 aromatic carbocycles. The van der Waals surface area contributed by atoms with E-state index in [4.69, 9.17) is 4.74 Å². The molecule has 1 aliphatic rings. The SMILES string of the molecule is O=C(Nc1ccccc1C(F)(F)F)N1CC[C@@H](Oc2ccc3ccccc3n2)C1. The lowest BCUT2D eigenvalue weighted by atomic mass is 10.1. The molecule has 5 nitrogen and oxygen atoms in total. The number of alkyl halides is 3. The standard InChI is InChI=1S/C21H18F3N3O2/c22-21(23,24)16-6-2-4-8-18(16)26-20(28)27-12-11-15(13-27)29-19-10-9-14-5-1-3-7-17(14)25-19/h1-10,15H,11-13H2,(H,26,28)/t15-/m1/s1. The Morgan fingerprint density at radius 1 is 1.07 bits per heavy atom. The van der Waals surface area contributed by atoms with E-state index in [1.54, 1.807) is 6.07 Å². The van der Waals surface area contributed by atoms with Gasteiger partial charge in [0.2, 0.25) is 5.88 Å². The minimum atomic E-state index is -4.54. The number of ether oxygens (including phenoxy) is 1. The number of pyridine rings is 1. The number of nitrogens with one attached hydrogen (secondary N) is 1. The van der Waals surface area contributed by atoms with Crippen molar-refractivity contribution in [2.75, 3.05) is 18.4 Å². The summed E-state index contributed by atoms with van der Waals surface area (Å²) in [4.78, 5) is 18.3. The van der Waals surface area contributed by atoms with Gasteiger partial charge in [0.1, 0.15) is 6.10 Å². The van der Waals surface area contributed by atoms with Crippen LogP contribution in [-0.2, 0) is 6.18 Å². The van der Waals surface area contributed by atoms with Crippen molar-refractivity contribution in [2.24, 2.45) is 0 Å². The molecule has 1 saturated heterocycles. The Labute approximate surface area is 165 Å². The average molecular weight is 401 g/mol. The zero-order chi connectivity index (χ0) is 20.4. The number of para-hydroxylation sites is 2. The Balaban J connectivity index is 1.40. The summed E-state index contributed by atoms with van der Waals surface area (Å²) in [5, 5.41) is 3.36. The van der Waals surface area contributed by atoms with Gasteiger partial charge < -0.3 is 15.0 Å². The molecule has 2 heterocycles. The van der Waals surface area contributed by atoms with Gasteiger partial charge in [-0.2, -0.15) is 13.2 Å². The number of carbonyl (C=O) groups excluding carboxylic acids is 1. The number of likely N-dealkylation sites (tertiary alicyclic amines) is 1. The zero-order valence-electron chi connectivity index (χ0n) is 15.3. The van der Waals surface area contributed by atoms with Crippen molar-refractivity contribution in [1.82, 2.24) is 9.88 Å². The van der Waals surface area contributed by atoms with Crippen molar-refractivity contribution in [2.45, 2.75) is 18.7 Å². The highest BCUT2D eigenvalue weighted by Gasteiger charge is 2.34. The fourth-order valence-electron chi connectivity index (χ4n) is 3.33. The molecule has 29 heavy (non-hydrogen) atoms. The predicted octanol–water partition coefficient (Wildman–Crippen LogP) is 4.94. The second-order valence-corrected chi connectivity index (χ2v) is 6.79. The number of halogens is 3. The molecule has 1 aromatic heterocycles. The molecule has 0 radical (unpaired) electrons. The van der Waals surface area contributed by atoms with E-state index >= 15 is 0 Å². The van der Waals surface area contributed by atoms with Crippen LogP contribution in [0.5, 0.6) is 5.88 Å². The van der Waals surface area contributed by atoms with Gasteiger partial charge in [-0.15, -0.1) is 0 Å². The monoisotopic (exact) mass is 401 g/mol. The van der Waals surface area contributed by atoms with Gasteiger partial charge in [-0.05, 0) is 24.3 Å². The number of nitrogens with zero attached hydrogens (tertiary/aromatic N) is 2. The zero-order valence-corrected chi connectivity index (χ0v) is 15.3. The third kappa shape index (κ3) is 4.26. The minimum Gasteiger partial charge on any atom is -0.472 e. The Bertz CT molecular complexity index is 1040.